The zero-order chi connectivity index (χ0) is 14.1. The number of nitrogens with zero attached hydrogens (tertiary/aromatic N) is 1. The maximum atomic E-state index is 12.2. The quantitative estimate of drug-likeness (QED) is 0.756. The maximum absolute atomic E-state index is 12.2. The van der Waals surface area contributed by atoms with Crippen molar-refractivity contribution in [2.24, 2.45) is 0 Å². The molecule has 1 amide bonds. The first-order valence-electron chi connectivity index (χ1n) is 6.06. The highest BCUT2D eigenvalue weighted by molar-refractivity contribution is 7.18. The first kappa shape index (κ1) is 13.1. The largest absolute Gasteiger partial charge is 0.321 e. The van der Waals surface area contributed by atoms with Crippen LogP contribution in [0.1, 0.15) is 15.4 Å². The Morgan fingerprint density at radius 2 is 2.05 bits per heavy atom. The maximum Gasteiger partial charge on any atom is 0.255 e. The number of carbonyl (C=O) groups is 1. The van der Waals surface area contributed by atoms with Gasteiger partial charge in [-0.2, -0.15) is 0 Å². The zero-order valence-electron chi connectivity index (χ0n) is 10.7. The van der Waals surface area contributed by atoms with Crippen molar-refractivity contribution in [2.75, 3.05) is 5.32 Å². The third-order valence-corrected chi connectivity index (χ3v) is 4.16. The SMILES string of the molecule is Cc1nc2cc(C(=O)Nc3ccccc3Cl)ccc2s1. The third-order valence-electron chi connectivity index (χ3n) is 2.88. The molecule has 20 heavy (non-hydrogen) atoms. The summed E-state index contributed by atoms with van der Waals surface area (Å²) in [4.78, 5) is 16.6. The number of halogens is 1. The number of aryl methyl sites for hydroxylation is 1. The normalized spacial score (nSPS) is 10.7. The molecular weight excluding hydrogens is 292 g/mol. The lowest BCUT2D eigenvalue weighted by molar-refractivity contribution is 0.102. The number of anilines is 1. The minimum absolute atomic E-state index is 0.189. The van der Waals surface area contributed by atoms with Gasteiger partial charge in [0.2, 0.25) is 0 Å². The fourth-order valence-electron chi connectivity index (χ4n) is 1.94. The van der Waals surface area contributed by atoms with Gasteiger partial charge in [0.15, 0.2) is 0 Å². The molecule has 100 valence electrons. The van der Waals surface area contributed by atoms with Crippen LogP contribution in [0.15, 0.2) is 42.5 Å². The molecule has 0 unspecified atom stereocenters. The number of hydrogen-bond donors (Lipinski definition) is 1. The smallest absolute Gasteiger partial charge is 0.255 e. The van der Waals surface area contributed by atoms with Crippen LogP contribution in [0.2, 0.25) is 5.02 Å². The molecule has 0 saturated carbocycles. The molecule has 1 heterocycles. The van der Waals surface area contributed by atoms with Gasteiger partial charge in [-0.15, -0.1) is 11.3 Å². The van der Waals surface area contributed by atoms with E-state index >= 15 is 0 Å². The number of nitrogens with one attached hydrogen (secondary N) is 1. The van der Waals surface area contributed by atoms with E-state index in [1.165, 1.54) is 0 Å². The van der Waals surface area contributed by atoms with Crippen LogP contribution in [-0.2, 0) is 0 Å². The average Bonchev–Trinajstić information content (AvgIpc) is 2.80. The molecule has 1 aromatic heterocycles. The van der Waals surface area contributed by atoms with Gasteiger partial charge in [0, 0.05) is 5.56 Å². The van der Waals surface area contributed by atoms with Gasteiger partial charge in [0.1, 0.15) is 0 Å². The molecule has 3 rings (SSSR count). The van der Waals surface area contributed by atoms with Crippen molar-refractivity contribution < 1.29 is 4.79 Å². The Hall–Kier alpha value is -1.91. The van der Waals surface area contributed by atoms with E-state index in [0.29, 0.717) is 16.3 Å². The first-order chi connectivity index (χ1) is 9.63. The molecular formula is C15H11ClN2OS. The summed E-state index contributed by atoms with van der Waals surface area (Å²) in [6, 6.07) is 12.7. The third kappa shape index (κ3) is 2.53. The van der Waals surface area contributed by atoms with Crippen LogP contribution >= 0.6 is 22.9 Å². The zero-order valence-corrected chi connectivity index (χ0v) is 12.3. The molecule has 0 spiro atoms. The summed E-state index contributed by atoms with van der Waals surface area (Å²) >= 11 is 7.64. The second-order valence-corrected chi connectivity index (χ2v) is 5.99. The van der Waals surface area contributed by atoms with E-state index in [0.717, 1.165) is 15.2 Å². The fraction of sp³-hybridized carbons (Fsp3) is 0.0667. The van der Waals surface area contributed by atoms with Crippen LogP contribution < -0.4 is 5.32 Å². The van der Waals surface area contributed by atoms with Crippen LogP contribution in [0.25, 0.3) is 10.2 Å². The van der Waals surface area contributed by atoms with Gasteiger partial charge in [-0.3, -0.25) is 4.79 Å². The van der Waals surface area contributed by atoms with E-state index in [9.17, 15) is 4.79 Å². The molecule has 0 atom stereocenters. The lowest BCUT2D eigenvalue weighted by atomic mass is 10.2. The van der Waals surface area contributed by atoms with Crippen molar-refractivity contribution in [1.82, 2.24) is 4.98 Å². The van der Waals surface area contributed by atoms with Crippen molar-refractivity contribution in [3.8, 4) is 0 Å². The Balaban J connectivity index is 1.90. The topological polar surface area (TPSA) is 42.0 Å². The van der Waals surface area contributed by atoms with Gasteiger partial charge in [-0.05, 0) is 37.3 Å². The molecule has 3 aromatic rings. The molecule has 2 aromatic carbocycles. The lowest BCUT2D eigenvalue weighted by Gasteiger charge is -2.06. The number of rotatable bonds is 2. The van der Waals surface area contributed by atoms with Crippen molar-refractivity contribution in [2.45, 2.75) is 6.92 Å². The summed E-state index contributed by atoms with van der Waals surface area (Å²) < 4.78 is 1.08. The highest BCUT2D eigenvalue weighted by Gasteiger charge is 2.10. The second kappa shape index (κ2) is 5.23. The van der Waals surface area contributed by atoms with E-state index in [4.69, 9.17) is 11.6 Å². The molecule has 3 nitrogen and oxygen atoms in total. The van der Waals surface area contributed by atoms with Gasteiger partial charge in [-0.1, -0.05) is 23.7 Å². The standard InChI is InChI=1S/C15H11ClN2OS/c1-9-17-13-8-10(6-7-14(13)20-9)15(19)18-12-5-3-2-4-11(12)16/h2-8H,1H3,(H,18,19). The minimum atomic E-state index is -0.189. The molecule has 0 aliphatic carbocycles. The number of fused-ring (bicyclic) bond motifs is 1. The molecule has 0 fully saturated rings. The summed E-state index contributed by atoms with van der Waals surface area (Å²) in [5, 5.41) is 4.31. The second-order valence-electron chi connectivity index (χ2n) is 4.35. The minimum Gasteiger partial charge on any atom is -0.321 e. The van der Waals surface area contributed by atoms with E-state index in [1.807, 2.05) is 25.1 Å². The van der Waals surface area contributed by atoms with Gasteiger partial charge >= 0.3 is 0 Å². The Labute approximate surface area is 125 Å². The monoisotopic (exact) mass is 302 g/mol. The van der Waals surface area contributed by atoms with E-state index in [2.05, 4.69) is 10.3 Å². The molecule has 0 radical (unpaired) electrons. The summed E-state index contributed by atoms with van der Waals surface area (Å²) in [6.07, 6.45) is 0. The predicted octanol–water partition coefficient (Wildman–Crippen LogP) is 4.51. The van der Waals surface area contributed by atoms with Crippen LogP contribution in [0.5, 0.6) is 0 Å². The van der Waals surface area contributed by atoms with Crippen molar-refractivity contribution >= 4 is 44.7 Å². The number of aromatic nitrogens is 1. The van der Waals surface area contributed by atoms with Crippen LogP contribution in [0, 0.1) is 6.92 Å². The summed E-state index contributed by atoms with van der Waals surface area (Å²) in [6.45, 7) is 1.95. The Morgan fingerprint density at radius 3 is 2.85 bits per heavy atom. The average molecular weight is 303 g/mol. The molecule has 1 N–H and O–H groups in total. The van der Waals surface area contributed by atoms with E-state index in [1.54, 1.807) is 35.6 Å². The van der Waals surface area contributed by atoms with Crippen LogP contribution in [0.4, 0.5) is 5.69 Å². The van der Waals surface area contributed by atoms with Crippen molar-refractivity contribution in [1.29, 1.82) is 0 Å². The van der Waals surface area contributed by atoms with Crippen molar-refractivity contribution in [3.05, 3.63) is 58.1 Å². The first-order valence-corrected chi connectivity index (χ1v) is 7.26. The molecule has 0 aliphatic rings. The van der Waals surface area contributed by atoms with Gasteiger partial charge in [0.05, 0.1) is 25.9 Å². The molecule has 0 saturated heterocycles. The van der Waals surface area contributed by atoms with Crippen LogP contribution in [0.3, 0.4) is 0 Å². The summed E-state index contributed by atoms with van der Waals surface area (Å²) in [5.41, 5.74) is 2.02. The number of para-hydroxylation sites is 1. The van der Waals surface area contributed by atoms with Crippen molar-refractivity contribution in [3.63, 3.8) is 0 Å². The Kier molecular flexibility index (Phi) is 3.42. The number of amides is 1. The van der Waals surface area contributed by atoms with E-state index < -0.39 is 0 Å². The van der Waals surface area contributed by atoms with E-state index in [-0.39, 0.29) is 5.91 Å². The van der Waals surface area contributed by atoms with Gasteiger partial charge in [0.25, 0.3) is 5.91 Å². The Morgan fingerprint density at radius 1 is 1.25 bits per heavy atom. The summed E-state index contributed by atoms with van der Waals surface area (Å²) in [7, 11) is 0. The lowest BCUT2D eigenvalue weighted by Crippen LogP contribution is -2.11. The van der Waals surface area contributed by atoms with Gasteiger partial charge < -0.3 is 5.32 Å². The summed E-state index contributed by atoms with van der Waals surface area (Å²) in [5.74, 6) is -0.189. The molecule has 0 bridgehead atoms. The molecule has 0 aliphatic heterocycles. The highest BCUT2D eigenvalue weighted by atomic mass is 35.5. The highest BCUT2D eigenvalue weighted by Crippen LogP contribution is 2.24. The van der Waals surface area contributed by atoms with Gasteiger partial charge in [-0.25, -0.2) is 4.98 Å². The van der Waals surface area contributed by atoms with Crippen LogP contribution in [-0.4, -0.2) is 10.9 Å². The number of carbonyl (C=O) groups excluding carboxylic acids is 1. The number of thiazole rings is 1. The number of hydrogen-bond acceptors (Lipinski definition) is 3. The molecule has 5 heteroatoms. The fourth-order valence-corrected chi connectivity index (χ4v) is 2.93. The Bertz CT molecular complexity index is 797. The predicted molar refractivity (Wildman–Crippen MR) is 83.8 cm³/mol. The number of benzene rings is 2.